The van der Waals surface area contributed by atoms with Crippen molar-refractivity contribution in [1.82, 2.24) is 5.32 Å². The maximum Gasteiger partial charge on any atom is 0.405 e. The van der Waals surface area contributed by atoms with Crippen molar-refractivity contribution in [3.63, 3.8) is 0 Å². The molecule has 2 rings (SSSR count). The number of carbonyl (C=O) groups excluding carboxylic acids is 2. The Morgan fingerprint density at radius 1 is 1.14 bits per heavy atom. The number of aryl methyl sites for hydroxylation is 1. The zero-order chi connectivity index (χ0) is 20.9. The number of halogens is 5. The fraction of sp³-hybridized carbons (Fsp3) is 0.222. The third-order valence-corrected chi connectivity index (χ3v) is 3.77. The molecule has 0 saturated heterocycles. The van der Waals surface area contributed by atoms with Crippen molar-refractivity contribution in [2.24, 2.45) is 0 Å². The van der Waals surface area contributed by atoms with Gasteiger partial charge in [0, 0.05) is 17.3 Å². The van der Waals surface area contributed by atoms with E-state index in [1.807, 2.05) is 0 Å². The van der Waals surface area contributed by atoms with Crippen molar-refractivity contribution in [2.75, 3.05) is 18.5 Å². The normalized spacial score (nSPS) is 11.1. The second kappa shape index (κ2) is 8.92. The number of rotatable bonds is 6. The van der Waals surface area contributed by atoms with Gasteiger partial charge in [-0.05, 0) is 36.8 Å². The Balaban J connectivity index is 1.99. The highest BCUT2D eigenvalue weighted by molar-refractivity contribution is 6.30. The van der Waals surface area contributed by atoms with E-state index in [2.05, 4.69) is 5.32 Å². The topological polar surface area (TPSA) is 67.4 Å². The van der Waals surface area contributed by atoms with Crippen molar-refractivity contribution in [3.8, 4) is 5.75 Å². The Labute approximate surface area is 162 Å². The maximum absolute atomic E-state index is 13.1. The minimum Gasteiger partial charge on any atom is -0.484 e. The minimum absolute atomic E-state index is 0.0450. The maximum atomic E-state index is 13.1. The lowest BCUT2D eigenvalue weighted by Crippen LogP contribution is -2.33. The molecular formula is C18H15ClF4N2O3. The van der Waals surface area contributed by atoms with E-state index in [0.29, 0.717) is 5.56 Å². The van der Waals surface area contributed by atoms with Gasteiger partial charge in [0.2, 0.25) is 0 Å². The van der Waals surface area contributed by atoms with E-state index >= 15 is 0 Å². The molecule has 0 heterocycles. The number of ether oxygens (including phenoxy) is 1. The smallest absolute Gasteiger partial charge is 0.405 e. The molecule has 0 unspecified atom stereocenters. The summed E-state index contributed by atoms with van der Waals surface area (Å²) in [6, 6.07) is 7.68. The van der Waals surface area contributed by atoms with Gasteiger partial charge in [-0.1, -0.05) is 17.7 Å². The third-order valence-electron chi connectivity index (χ3n) is 3.48. The summed E-state index contributed by atoms with van der Waals surface area (Å²) in [5.74, 6) is -1.96. The van der Waals surface area contributed by atoms with E-state index in [4.69, 9.17) is 16.3 Å². The Bertz CT molecular complexity index is 888. The van der Waals surface area contributed by atoms with Crippen LogP contribution in [0.5, 0.6) is 5.75 Å². The first-order valence-electron chi connectivity index (χ1n) is 7.88. The summed E-state index contributed by atoms with van der Waals surface area (Å²) in [5.41, 5.74) is 0.785. The molecule has 0 aliphatic carbocycles. The molecule has 2 aromatic carbocycles. The number of hydrogen-bond acceptors (Lipinski definition) is 3. The van der Waals surface area contributed by atoms with Gasteiger partial charge < -0.3 is 15.4 Å². The molecule has 0 aliphatic heterocycles. The fourth-order valence-electron chi connectivity index (χ4n) is 2.08. The molecule has 2 aromatic rings. The molecule has 0 spiro atoms. The molecule has 0 fully saturated rings. The van der Waals surface area contributed by atoms with Gasteiger partial charge in [0.15, 0.2) is 6.61 Å². The molecule has 150 valence electrons. The van der Waals surface area contributed by atoms with Crippen LogP contribution >= 0.6 is 11.6 Å². The first-order valence-corrected chi connectivity index (χ1v) is 8.26. The quantitative estimate of drug-likeness (QED) is 0.694. The summed E-state index contributed by atoms with van der Waals surface area (Å²) in [5, 5.41) is 4.09. The second-order valence-electron chi connectivity index (χ2n) is 5.74. The van der Waals surface area contributed by atoms with Crippen LogP contribution in [0.25, 0.3) is 0 Å². The van der Waals surface area contributed by atoms with Crippen LogP contribution in [0, 0.1) is 12.7 Å². The zero-order valence-corrected chi connectivity index (χ0v) is 15.2. The molecule has 0 radical (unpaired) electrons. The molecule has 2 amide bonds. The van der Waals surface area contributed by atoms with Gasteiger partial charge in [-0.3, -0.25) is 9.59 Å². The fourth-order valence-corrected chi connectivity index (χ4v) is 2.25. The van der Waals surface area contributed by atoms with E-state index in [1.54, 1.807) is 12.2 Å². The molecule has 28 heavy (non-hydrogen) atoms. The highest BCUT2D eigenvalue weighted by Gasteiger charge is 2.28. The number of alkyl halides is 3. The SMILES string of the molecule is Cc1ccc(C(=O)NCC(F)(F)F)cc1NC(=O)COc1ccc(F)c(Cl)c1. The summed E-state index contributed by atoms with van der Waals surface area (Å²) in [4.78, 5) is 23.9. The first-order chi connectivity index (χ1) is 13.0. The van der Waals surface area contributed by atoms with Crippen molar-refractivity contribution in [1.29, 1.82) is 0 Å². The van der Waals surface area contributed by atoms with Gasteiger partial charge in [-0.15, -0.1) is 0 Å². The van der Waals surface area contributed by atoms with E-state index in [1.165, 1.54) is 30.3 Å². The van der Waals surface area contributed by atoms with E-state index in [0.717, 1.165) is 6.07 Å². The Morgan fingerprint density at radius 2 is 1.86 bits per heavy atom. The number of amides is 2. The average Bonchev–Trinajstić information content (AvgIpc) is 2.62. The zero-order valence-electron chi connectivity index (χ0n) is 14.5. The summed E-state index contributed by atoms with van der Waals surface area (Å²) in [7, 11) is 0. The van der Waals surface area contributed by atoms with Crippen LogP contribution in [0.4, 0.5) is 23.2 Å². The highest BCUT2D eigenvalue weighted by atomic mass is 35.5. The van der Waals surface area contributed by atoms with Crippen molar-refractivity contribution >= 4 is 29.1 Å². The molecule has 2 N–H and O–H groups in total. The lowest BCUT2D eigenvalue weighted by Gasteiger charge is -2.12. The van der Waals surface area contributed by atoms with Gasteiger partial charge in [-0.2, -0.15) is 13.2 Å². The highest BCUT2D eigenvalue weighted by Crippen LogP contribution is 2.21. The van der Waals surface area contributed by atoms with Crippen molar-refractivity contribution in [2.45, 2.75) is 13.1 Å². The largest absolute Gasteiger partial charge is 0.484 e. The minimum atomic E-state index is -4.53. The molecule has 0 bridgehead atoms. The Kier molecular flexibility index (Phi) is 6.85. The number of anilines is 1. The lowest BCUT2D eigenvalue weighted by molar-refractivity contribution is -0.123. The van der Waals surface area contributed by atoms with Gasteiger partial charge in [-0.25, -0.2) is 4.39 Å². The standard InChI is InChI=1S/C18H15ClF4N2O3/c1-10-2-3-11(17(27)24-9-18(21,22)23)6-15(10)25-16(26)8-28-12-4-5-14(20)13(19)7-12/h2-7H,8-9H2,1H3,(H,24,27)(H,25,26). The van der Waals surface area contributed by atoms with Gasteiger partial charge in [0.1, 0.15) is 18.1 Å². The molecule has 0 aromatic heterocycles. The van der Waals surface area contributed by atoms with Crippen LogP contribution in [-0.4, -0.2) is 31.1 Å². The Morgan fingerprint density at radius 3 is 2.50 bits per heavy atom. The second-order valence-corrected chi connectivity index (χ2v) is 6.15. The van der Waals surface area contributed by atoms with Gasteiger partial charge >= 0.3 is 6.18 Å². The van der Waals surface area contributed by atoms with E-state index in [-0.39, 0.29) is 22.0 Å². The summed E-state index contributed by atoms with van der Waals surface area (Å²) < 4.78 is 54.9. The summed E-state index contributed by atoms with van der Waals surface area (Å²) in [6.07, 6.45) is -4.53. The third kappa shape index (κ3) is 6.41. The van der Waals surface area contributed by atoms with Crippen LogP contribution in [0.2, 0.25) is 5.02 Å². The van der Waals surface area contributed by atoms with Crippen LogP contribution < -0.4 is 15.4 Å². The summed E-state index contributed by atoms with van der Waals surface area (Å²) >= 11 is 5.62. The van der Waals surface area contributed by atoms with Crippen LogP contribution in [0.15, 0.2) is 36.4 Å². The molecule has 0 aliphatic rings. The number of nitrogens with one attached hydrogen (secondary N) is 2. The lowest BCUT2D eigenvalue weighted by atomic mass is 10.1. The number of benzene rings is 2. The molecular weight excluding hydrogens is 404 g/mol. The van der Waals surface area contributed by atoms with Crippen molar-refractivity contribution < 1.29 is 31.9 Å². The molecule has 0 atom stereocenters. The van der Waals surface area contributed by atoms with Crippen molar-refractivity contribution in [3.05, 3.63) is 58.4 Å². The predicted octanol–water partition coefficient (Wildman–Crippen LogP) is 4.10. The van der Waals surface area contributed by atoms with Gasteiger partial charge in [0.05, 0.1) is 5.02 Å². The van der Waals surface area contributed by atoms with Crippen LogP contribution in [0.1, 0.15) is 15.9 Å². The van der Waals surface area contributed by atoms with E-state index in [9.17, 15) is 27.2 Å². The van der Waals surface area contributed by atoms with E-state index < -0.39 is 37.0 Å². The molecule has 10 heteroatoms. The molecule has 5 nitrogen and oxygen atoms in total. The van der Waals surface area contributed by atoms with Crippen LogP contribution in [-0.2, 0) is 4.79 Å². The van der Waals surface area contributed by atoms with Gasteiger partial charge in [0.25, 0.3) is 11.8 Å². The monoisotopic (exact) mass is 418 g/mol. The molecule has 0 saturated carbocycles. The number of hydrogen-bond donors (Lipinski definition) is 2. The van der Waals surface area contributed by atoms with Crippen LogP contribution in [0.3, 0.4) is 0 Å². The average molecular weight is 419 g/mol. The predicted molar refractivity (Wildman–Crippen MR) is 95.1 cm³/mol. The first kappa shape index (κ1) is 21.5. The number of carbonyl (C=O) groups is 2. The summed E-state index contributed by atoms with van der Waals surface area (Å²) in [6.45, 7) is -0.241. The Hall–Kier alpha value is -2.81.